The average molecular weight is 453 g/mol. The van der Waals surface area contributed by atoms with Gasteiger partial charge in [0.15, 0.2) is 5.82 Å². The van der Waals surface area contributed by atoms with Crippen molar-refractivity contribution in [3.63, 3.8) is 0 Å². The third-order valence-electron chi connectivity index (χ3n) is 5.94. The zero-order valence-electron chi connectivity index (χ0n) is 17.0. The number of hydrogen-bond acceptors (Lipinski definition) is 6. The molecule has 0 bridgehead atoms. The number of nitrogens with two attached hydrogens (primary N) is 1. The van der Waals surface area contributed by atoms with Gasteiger partial charge in [-0.15, -0.1) is 5.10 Å². The Morgan fingerprint density at radius 3 is 2.68 bits per heavy atom. The third-order valence-corrected chi connectivity index (χ3v) is 7.23. The van der Waals surface area contributed by atoms with E-state index in [1.807, 2.05) is 11.6 Å². The fourth-order valence-electron chi connectivity index (χ4n) is 4.48. The molecule has 0 saturated heterocycles. The van der Waals surface area contributed by atoms with Gasteiger partial charge in [0.05, 0.1) is 11.3 Å². The second-order valence-corrected chi connectivity index (χ2v) is 9.05. The molecule has 1 atom stereocenters. The van der Waals surface area contributed by atoms with Gasteiger partial charge < -0.3 is 10.6 Å². The SMILES string of the molecule is Cc1nnnn1-c1ccc(C2(CCC(N)=O)SC=CN2C2CCCC2)cc1C(F)(F)F. The van der Waals surface area contributed by atoms with Crippen LogP contribution in [0.15, 0.2) is 29.8 Å². The number of alkyl halides is 3. The molecule has 1 saturated carbocycles. The summed E-state index contributed by atoms with van der Waals surface area (Å²) in [5, 5.41) is 12.8. The number of aryl methyl sites for hydroxylation is 1. The Balaban J connectivity index is 1.83. The first-order chi connectivity index (χ1) is 14.7. The van der Waals surface area contributed by atoms with Crippen molar-refractivity contribution in [3.05, 3.63) is 46.8 Å². The molecule has 1 amide bonds. The summed E-state index contributed by atoms with van der Waals surface area (Å²) >= 11 is 1.43. The molecule has 1 aromatic carbocycles. The molecule has 4 rings (SSSR count). The Labute approximate surface area is 181 Å². The smallest absolute Gasteiger partial charge is 0.370 e. The minimum Gasteiger partial charge on any atom is -0.370 e. The van der Waals surface area contributed by atoms with Gasteiger partial charge >= 0.3 is 6.18 Å². The molecule has 166 valence electrons. The highest BCUT2D eigenvalue weighted by Crippen LogP contribution is 2.52. The summed E-state index contributed by atoms with van der Waals surface area (Å²) in [4.78, 5) is 12.9. The number of hydrogen-bond donors (Lipinski definition) is 1. The van der Waals surface area contributed by atoms with E-state index in [4.69, 9.17) is 5.73 Å². The van der Waals surface area contributed by atoms with Gasteiger partial charge in [0, 0.05) is 18.7 Å². The predicted octanol–water partition coefficient (Wildman–Crippen LogP) is 3.87. The van der Waals surface area contributed by atoms with E-state index in [2.05, 4.69) is 20.4 Å². The molecule has 0 spiro atoms. The number of rotatable bonds is 6. The molecule has 1 aliphatic carbocycles. The van der Waals surface area contributed by atoms with Crippen molar-refractivity contribution in [1.29, 1.82) is 0 Å². The van der Waals surface area contributed by atoms with E-state index in [0.717, 1.165) is 30.4 Å². The van der Waals surface area contributed by atoms with E-state index in [0.29, 0.717) is 12.0 Å². The summed E-state index contributed by atoms with van der Waals surface area (Å²) in [5.74, 6) is -0.221. The fraction of sp³-hybridized carbons (Fsp3) is 0.500. The van der Waals surface area contributed by atoms with Gasteiger partial charge in [-0.25, -0.2) is 0 Å². The first-order valence-corrected chi connectivity index (χ1v) is 11.0. The Morgan fingerprint density at radius 2 is 2.06 bits per heavy atom. The van der Waals surface area contributed by atoms with Crippen LogP contribution < -0.4 is 5.73 Å². The van der Waals surface area contributed by atoms with Crippen molar-refractivity contribution in [2.75, 3.05) is 0 Å². The van der Waals surface area contributed by atoms with Crippen LogP contribution in [0.5, 0.6) is 0 Å². The third kappa shape index (κ3) is 4.02. The van der Waals surface area contributed by atoms with Crippen LogP contribution in [-0.2, 0) is 15.8 Å². The lowest BCUT2D eigenvalue weighted by atomic mass is 9.94. The molecule has 31 heavy (non-hydrogen) atoms. The molecular formula is C20H23F3N6OS. The van der Waals surface area contributed by atoms with Crippen LogP contribution in [0.3, 0.4) is 0 Å². The van der Waals surface area contributed by atoms with Crippen molar-refractivity contribution < 1.29 is 18.0 Å². The fourth-order valence-corrected chi connectivity index (χ4v) is 5.71. The second kappa shape index (κ2) is 8.18. The highest BCUT2D eigenvalue weighted by Gasteiger charge is 2.46. The Kier molecular flexibility index (Phi) is 5.71. The number of halogens is 3. The maximum atomic E-state index is 14.1. The Hall–Kier alpha value is -2.56. The largest absolute Gasteiger partial charge is 0.418 e. The molecule has 11 heteroatoms. The molecule has 1 fully saturated rings. The van der Waals surface area contributed by atoms with Crippen LogP contribution in [0.1, 0.15) is 55.5 Å². The number of nitrogens with zero attached hydrogens (tertiary/aromatic N) is 5. The summed E-state index contributed by atoms with van der Waals surface area (Å²) in [6, 6.07) is 4.46. The Morgan fingerprint density at radius 1 is 1.32 bits per heavy atom. The minimum absolute atomic E-state index is 0.0765. The number of amides is 1. The minimum atomic E-state index is -4.61. The molecule has 0 radical (unpaired) electrons. The van der Waals surface area contributed by atoms with Gasteiger partial charge in [-0.1, -0.05) is 30.7 Å². The van der Waals surface area contributed by atoms with Crippen molar-refractivity contribution in [2.45, 2.75) is 62.5 Å². The van der Waals surface area contributed by atoms with Gasteiger partial charge in [-0.05, 0) is 59.7 Å². The first kappa shape index (κ1) is 21.7. The van der Waals surface area contributed by atoms with Gasteiger partial charge in [0.25, 0.3) is 0 Å². The van der Waals surface area contributed by atoms with Crippen molar-refractivity contribution in [1.82, 2.24) is 25.1 Å². The zero-order valence-corrected chi connectivity index (χ0v) is 17.8. The number of tetrazole rings is 1. The lowest BCUT2D eigenvalue weighted by Gasteiger charge is -2.43. The van der Waals surface area contributed by atoms with E-state index in [9.17, 15) is 18.0 Å². The number of aromatic nitrogens is 4. The predicted molar refractivity (Wildman–Crippen MR) is 110 cm³/mol. The quantitative estimate of drug-likeness (QED) is 0.716. The van der Waals surface area contributed by atoms with E-state index in [-0.39, 0.29) is 24.0 Å². The summed E-state index contributed by atoms with van der Waals surface area (Å²) in [7, 11) is 0. The molecule has 1 aliphatic heterocycles. The van der Waals surface area contributed by atoms with Crippen LogP contribution >= 0.6 is 11.8 Å². The van der Waals surface area contributed by atoms with Gasteiger partial charge in [0.1, 0.15) is 4.87 Å². The number of benzene rings is 1. The van der Waals surface area contributed by atoms with Crippen LogP contribution in [0, 0.1) is 6.92 Å². The summed E-state index contributed by atoms with van der Waals surface area (Å²) in [6.45, 7) is 1.54. The van der Waals surface area contributed by atoms with E-state index in [1.54, 1.807) is 13.0 Å². The second-order valence-electron chi connectivity index (χ2n) is 7.87. The number of carbonyl (C=O) groups excluding carboxylic acids is 1. The summed E-state index contributed by atoms with van der Waals surface area (Å²) in [5.41, 5.74) is 4.95. The first-order valence-electron chi connectivity index (χ1n) is 10.1. The van der Waals surface area contributed by atoms with Crippen molar-refractivity contribution in [2.24, 2.45) is 5.73 Å². The monoisotopic (exact) mass is 452 g/mol. The lowest BCUT2D eigenvalue weighted by Crippen LogP contribution is -2.43. The number of carbonyl (C=O) groups is 1. The normalized spacial score (nSPS) is 21.9. The van der Waals surface area contributed by atoms with E-state index in [1.165, 1.54) is 23.9 Å². The number of primary amides is 1. The van der Waals surface area contributed by atoms with Gasteiger partial charge in [-0.2, -0.15) is 17.9 Å². The number of thioether (sulfide) groups is 1. The molecule has 2 heterocycles. The topological polar surface area (TPSA) is 89.9 Å². The summed E-state index contributed by atoms with van der Waals surface area (Å²) in [6.07, 6.45) is 1.82. The van der Waals surface area contributed by atoms with E-state index >= 15 is 0 Å². The van der Waals surface area contributed by atoms with Crippen LogP contribution in [0.2, 0.25) is 0 Å². The van der Waals surface area contributed by atoms with E-state index < -0.39 is 22.5 Å². The van der Waals surface area contributed by atoms with Crippen LogP contribution in [-0.4, -0.2) is 37.1 Å². The maximum absolute atomic E-state index is 14.1. The van der Waals surface area contributed by atoms with Gasteiger partial charge in [-0.3, -0.25) is 4.79 Å². The highest BCUT2D eigenvalue weighted by molar-refractivity contribution is 8.03. The molecule has 2 N–H and O–H groups in total. The maximum Gasteiger partial charge on any atom is 0.418 e. The Bertz CT molecular complexity index is 1000. The molecule has 1 unspecified atom stereocenters. The molecule has 7 nitrogen and oxygen atoms in total. The lowest BCUT2D eigenvalue weighted by molar-refractivity contribution is -0.137. The highest BCUT2D eigenvalue weighted by atomic mass is 32.2. The summed E-state index contributed by atoms with van der Waals surface area (Å²) < 4.78 is 43.3. The molecule has 2 aromatic rings. The van der Waals surface area contributed by atoms with Gasteiger partial charge in [0.2, 0.25) is 5.91 Å². The molecule has 2 aliphatic rings. The standard InChI is InChI=1S/C20H23F3N6OS/c1-13-25-26-27-29(13)17-7-6-14(12-16(17)20(21,22)23)19(9-8-18(24)30)28(10-11-31-19)15-4-2-3-5-15/h6-7,10-12,15H,2-5,8-9H2,1H3,(H2,24,30). The molecule has 1 aromatic heterocycles. The molecular weight excluding hydrogens is 429 g/mol. The average Bonchev–Trinajstić information content (AvgIpc) is 3.46. The van der Waals surface area contributed by atoms with Crippen LogP contribution in [0.4, 0.5) is 13.2 Å². The van der Waals surface area contributed by atoms with Crippen molar-refractivity contribution >= 4 is 17.7 Å². The zero-order chi connectivity index (χ0) is 22.2. The van der Waals surface area contributed by atoms with Crippen molar-refractivity contribution in [3.8, 4) is 5.69 Å². The van der Waals surface area contributed by atoms with Crippen LogP contribution in [0.25, 0.3) is 5.69 Å².